The van der Waals surface area contributed by atoms with Crippen LogP contribution < -0.4 is 71.7 Å². The van der Waals surface area contributed by atoms with Gasteiger partial charge in [-0.05, 0) is 263 Å². The van der Waals surface area contributed by atoms with Gasteiger partial charge in [0.15, 0.2) is 39.3 Å². The van der Waals surface area contributed by atoms with Crippen molar-refractivity contribution >= 4 is 180 Å². The molecular formula is C94H102BrFI2N27NaO3. The number of aromatic nitrogens is 19. The Labute approximate surface area is 806 Å². The molecule has 30 nitrogen and oxygen atoms in total. The smallest absolute Gasteiger partial charge is 1.00 e. The summed E-state index contributed by atoms with van der Waals surface area (Å²) in [4.78, 5) is 56.0. The van der Waals surface area contributed by atoms with E-state index in [4.69, 9.17) is 47.1 Å². The van der Waals surface area contributed by atoms with Crippen molar-refractivity contribution in [3.8, 4) is 22.5 Å². The maximum atomic E-state index is 9.96. The van der Waals surface area contributed by atoms with Crippen molar-refractivity contribution in [2.24, 2.45) is 0 Å². The summed E-state index contributed by atoms with van der Waals surface area (Å²) in [6.45, 7) is 5.96. The summed E-state index contributed by atoms with van der Waals surface area (Å²) in [5.74, 6) is 3.45. The summed E-state index contributed by atoms with van der Waals surface area (Å²) in [5.41, 5.74) is 46.0. The average molecular weight is 2030 g/mol. The number of H-pyrrole nitrogens is 1. The number of nitrogens with one attached hydrogen (secondary N) is 2. The molecule has 1 aliphatic heterocycles. The van der Waals surface area contributed by atoms with E-state index in [-0.39, 0.29) is 49.0 Å². The summed E-state index contributed by atoms with van der Waals surface area (Å²) in [6.07, 6.45) is 22.6. The SMILES string of the molecule is BrCc1ccc2c(c1)CCCC2.CN(C)c1ncnc2c1c(-c1ccc3oc(N)nc3c1)nn2Cc1ccc2c(c1)CCCC2.CN(C)c1ncnc2c1c(-c1ccc3oc(N)nc3c1)nn2Cc1ccc2c(c1)CCNC2.CN(C)c1ncnc2c1c(I)nn2Cc1ccc2c(c1)CCCC2.CN(C)c1ncnc2n[nH]c(I)c12.Cc1ccc2oc(N)nc2c1.[2H]CF.[H-].[Na+]. The van der Waals surface area contributed by atoms with Crippen LogP contribution in [0.5, 0.6) is 0 Å². The van der Waals surface area contributed by atoms with Crippen LogP contribution in [0, 0.1) is 14.3 Å². The second kappa shape index (κ2) is 41.6. The van der Waals surface area contributed by atoms with Gasteiger partial charge in [0, 0.05) is 79.4 Å². The topological polar surface area (TPSA) is 366 Å². The molecule has 0 atom stereocenters. The fourth-order valence-electron chi connectivity index (χ4n) is 16.9. The Morgan fingerprint density at radius 3 is 1.25 bits per heavy atom. The summed E-state index contributed by atoms with van der Waals surface area (Å²) in [6, 6.07) is 45.2. The normalized spacial score (nSPS) is 13.1. The minimum absolute atomic E-state index is 0. The van der Waals surface area contributed by atoms with E-state index in [2.05, 4.69) is 204 Å². The largest absolute Gasteiger partial charge is 1.00 e. The first kappa shape index (κ1) is 90.9. The van der Waals surface area contributed by atoms with Crippen LogP contribution in [-0.2, 0) is 76.5 Å². The quantitative estimate of drug-likeness (QED) is 0.0406. The zero-order chi connectivity index (χ0) is 90.1. The van der Waals surface area contributed by atoms with Gasteiger partial charge in [-0.3, -0.25) is 9.49 Å². The van der Waals surface area contributed by atoms with Crippen LogP contribution >= 0.6 is 61.1 Å². The average Bonchev–Trinajstić information content (AvgIpc) is 1.61. The molecule has 129 heavy (non-hydrogen) atoms. The summed E-state index contributed by atoms with van der Waals surface area (Å²) in [5, 5.41) is 29.9. The van der Waals surface area contributed by atoms with E-state index in [0.717, 1.165) is 146 Å². The van der Waals surface area contributed by atoms with E-state index in [1.807, 2.05) is 152 Å². The van der Waals surface area contributed by atoms with Crippen molar-refractivity contribution in [1.29, 1.82) is 0 Å². The Balaban J connectivity index is 0.000000132. The standard InChI is InChI=1S/C25H25N7O.C24H24N8O.C18H20IN5.C11H13Br.C8H8N2O.C7H8IN5.CH3F.Na.H/c1-31(2)23-21-22(18-9-10-20-19(12-18)29-25(26)33-20)30-32(24(21)28-14-27-23)13-15-7-8-16-5-3-4-6-17(16)11-15;1-31(2)22-20-21(16-5-6-19-18(10-16)29-24(25)33-19)30-32(23(20)28-13-27-22)12-14-3-4-17-11-26-8-7-15(17)9-14;1-23(2)17-15-16(19)22-24(18(15)21-11-20-17)10-12-7-8-13-5-3-4-6-14(13)9-12;12-8-9-5-6-10-3-1-2-4-11(10)7-9;1-5-2-3-7-6(4-5)10-8(9)11-7;1-13(2)7-4-5(8)11-12-6(4)9-3-10-7;1-2;;/h7-12,14H,3-6,13H2,1-2H3,(H2,26,29);3-6,9-10,13,26H,7-8,11-12H2,1-2H3,(H2,25,29);7-9,11H,3-6,10H2,1-2H3;5-7H,1-4,8H2;2-4H,1H3,(H2,9,10);3H,1-2H3,(H,9,10,11,12);1H3;;/q;;;;;;;+1;-1/i;;;;;;1D;;. The third-order valence-electron chi connectivity index (χ3n) is 22.9. The predicted molar refractivity (Wildman–Crippen MR) is 528 cm³/mol. The van der Waals surface area contributed by atoms with Crippen molar-refractivity contribution < 1.29 is 50.0 Å². The van der Waals surface area contributed by atoms with Crippen LogP contribution in [0.2, 0.25) is 0 Å². The van der Waals surface area contributed by atoms with Gasteiger partial charge in [0.2, 0.25) is 0 Å². The van der Waals surface area contributed by atoms with Gasteiger partial charge in [-0.25, -0.2) is 53.9 Å². The number of aryl methyl sites for hydroxylation is 7. The fourth-order valence-corrected chi connectivity index (χ4v) is 18.6. The molecule has 0 spiro atoms. The second-order valence-electron chi connectivity index (χ2n) is 32.7. The number of benzene rings is 7. The van der Waals surface area contributed by atoms with Gasteiger partial charge in [-0.1, -0.05) is 94.8 Å². The Hall–Kier alpha value is -11.4. The summed E-state index contributed by atoms with van der Waals surface area (Å²) in [7, 11) is 14.8. The van der Waals surface area contributed by atoms with Crippen molar-refractivity contribution in [3.63, 3.8) is 0 Å². The van der Waals surface area contributed by atoms with Crippen LogP contribution in [0.1, 0.15) is 114 Å². The molecule has 0 unspecified atom stereocenters. The Bertz CT molecular complexity index is 6830. The van der Waals surface area contributed by atoms with Crippen LogP contribution in [0.3, 0.4) is 0 Å². The van der Waals surface area contributed by atoms with Gasteiger partial charge >= 0.3 is 29.6 Å². The molecule has 0 fully saturated rings. The maximum absolute atomic E-state index is 9.96. The number of aromatic amines is 1. The van der Waals surface area contributed by atoms with Gasteiger partial charge in [0.05, 0.1) is 49.7 Å². The zero-order valence-electron chi connectivity index (χ0n) is 75.9. The molecule has 0 saturated heterocycles. The van der Waals surface area contributed by atoms with Crippen LogP contribution in [0.15, 0.2) is 166 Å². The van der Waals surface area contributed by atoms with Crippen molar-refractivity contribution in [2.45, 2.75) is 122 Å². The van der Waals surface area contributed by atoms with E-state index in [1.165, 1.54) is 133 Å². The predicted octanol–water partition coefficient (Wildman–Crippen LogP) is 14.5. The molecule has 0 bridgehead atoms. The minimum Gasteiger partial charge on any atom is -1.00 e. The number of oxazole rings is 3. The molecule has 660 valence electrons. The third-order valence-corrected chi connectivity index (χ3v) is 25.1. The van der Waals surface area contributed by atoms with E-state index in [0.29, 0.717) is 40.9 Å². The Morgan fingerprint density at radius 2 is 0.806 bits per heavy atom. The monoisotopic (exact) mass is 2030 g/mol. The molecule has 4 aliphatic rings. The Morgan fingerprint density at radius 1 is 0.442 bits per heavy atom. The number of hydrogen-bond donors (Lipinski definition) is 5. The van der Waals surface area contributed by atoms with E-state index >= 15 is 0 Å². The fraction of sp³-hybridized carbons (Fsp3) is 0.309. The molecule has 3 aliphatic carbocycles. The first-order chi connectivity index (χ1) is 62.5. The number of nitrogens with zero attached hydrogens (tertiary/aromatic N) is 22. The third kappa shape index (κ3) is 20.9. The molecule has 22 rings (SSSR count). The van der Waals surface area contributed by atoms with Crippen LogP contribution in [0.4, 0.5) is 45.7 Å². The molecule has 11 aromatic heterocycles. The minimum atomic E-state index is -1.00. The number of hydrogen-bond acceptors (Lipinski definition) is 26. The molecule has 7 aromatic carbocycles. The van der Waals surface area contributed by atoms with Gasteiger partial charge in [-0.15, -0.1) is 0 Å². The van der Waals surface area contributed by atoms with Crippen molar-refractivity contribution in [2.75, 3.05) is 107 Å². The summed E-state index contributed by atoms with van der Waals surface area (Å²) < 4.78 is 39.3. The zero-order valence-corrected chi connectivity index (χ0v) is 81.8. The number of nitrogens with two attached hydrogens (primary N) is 3. The van der Waals surface area contributed by atoms with Crippen LogP contribution in [0.25, 0.3) is 99.9 Å². The summed E-state index contributed by atoms with van der Waals surface area (Å²) >= 11 is 7.95. The van der Waals surface area contributed by atoms with Crippen LogP contribution in [-0.4, -0.2) is 164 Å². The molecule has 0 radical (unpaired) electrons. The molecule has 0 saturated carbocycles. The van der Waals surface area contributed by atoms with Gasteiger partial charge in [-0.2, -0.15) is 35.3 Å². The van der Waals surface area contributed by atoms with E-state index < -0.39 is 7.15 Å². The molecule has 35 heteroatoms. The molecule has 8 N–H and O–H groups in total. The van der Waals surface area contributed by atoms with Gasteiger partial charge in [0.25, 0.3) is 18.0 Å². The first-order valence-corrected chi connectivity index (χ1v) is 45.7. The Kier molecular flexibility index (Phi) is 29.3. The molecule has 12 heterocycles. The van der Waals surface area contributed by atoms with Crippen molar-refractivity contribution in [1.82, 2.24) is 99.7 Å². The number of halogens is 4. The number of anilines is 7. The number of alkyl halides is 2. The van der Waals surface area contributed by atoms with Crippen molar-refractivity contribution in [3.05, 3.63) is 232 Å². The number of rotatable bonds is 13. The molecular weight excluding hydrogens is 1930 g/mol. The van der Waals surface area contributed by atoms with E-state index in [9.17, 15) is 4.39 Å². The van der Waals surface area contributed by atoms with E-state index in [1.54, 1.807) is 30.1 Å². The van der Waals surface area contributed by atoms with Gasteiger partial charge < -0.3 is 56.8 Å². The maximum Gasteiger partial charge on any atom is 1.00 e. The number of fused-ring (bicyclic) bond motifs is 11. The molecule has 0 amide bonds. The molecule has 18 aromatic rings. The van der Waals surface area contributed by atoms with Gasteiger partial charge in [0.1, 0.15) is 83.9 Å². The second-order valence-corrected chi connectivity index (χ2v) is 35.4. The number of nitrogen functional groups attached to an aromatic ring is 3. The first-order valence-electron chi connectivity index (χ1n) is 43.1.